The van der Waals surface area contributed by atoms with Crippen LogP contribution < -0.4 is 12.4 Å². The highest BCUT2D eigenvalue weighted by Gasteiger charge is 2.22. The topological polar surface area (TPSA) is 29.3 Å². The summed E-state index contributed by atoms with van der Waals surface area (Å²) < 4.78 is 16.5. The molecule has 0 rings (SSSR count). The Balaban J connectivity index is 0. The predicted octanol–water partition coefficient (Wildman–Crippen LogP) is -0.369. The average Bonchev–Trinajstić information content (AvgIpc) is 1.81. The summed E-state index contributed by atoms with van der Waals surface area (Å²) >= 11 is 10.2. The highest BCUT2D eigenvalue weighted by atomic mass is 35.9. The quantitative estimate of drug-likeness (QED) is 0.292. The van der Waals surface area contributed by atoms with Crippen molar-refractivity contribution in [2.75, 3.05) is 6.54 Å². The molecule has 0 unspecified atom stereocenters. The third-order valence-electron chi connectivity index (χ3n) is 0.800. The van der Waals surface area contributed by atoms with Crippen LogP contribution in [-0.4, -0.2) is 17.5 Å². The van der Waals surface area contributed by atoms with Gasteiger partial charge in [0.25, 0.3) is 0 Å². The largest absolute Gasteiger partial charge is 1.00 e. The van der Waals surface area contributed by atoms with E-state index >= 15 is 0 Å². The molecule has 0 atom stereocenters. The van der Waals surface area contributed by atoms with Crippen molar-refractivity contribution in [1.29, 1.82) is 0 Å². The number of rotatable bonds is 3. The lowest BCUT2D eigenvalue weighted by molar-refractivity contribution is -0.739. The van der Waals surface area contributed by atoms with Gasteiger partial charge in [-0.3, -0.25) is 0 Å². The van der Waals surface area contributed by atoms with Gasteiger partial charge < -0.3 is 12.4 Å². The van der Waals surface area contributed by atoms with E-state index in [0.29, 0.717) is 6.54 Å². The fourth-order valence-electron chi connectivity index (χ4n) is 0.410. The molecule has 0 aromatic carbocycles. The number of hydrogen-bond acceptors (Lipinski definition) is 2. The molecule has 3 nitrogen and oxygen atoms in total. The molecule has 0 saturated carbocycles. The van der Waals surface area contributed by atoms with Crippen LogP contribution in [0.2, 0.25) is 0 Å². The van der Waals surface area contributed by atoms with Crippen LogP contribution in [0.25, 0.3) is 0 Å². The number of halogens is 3. The second-order valence-electron chi connectivity index (χ2n) is 1.49. The Labute approximate surface area is 81.7 Å². The zero-order chi connectivity index (χ0) is 8.20. The second-order valence-corrected chi connectivity index (χ2v) is 5.67. The standard InChI is InChI=1S/C4H9Cl2NO2P.ClH/c1-3-7(4-2)9-10(5,6)8;/h3H,4H2,1-2H3;1H/q+1;/p-1. The molecule has 0 saturated heterocycles. The first-order chi connectivity index (χ1) is 4.49. The fourth-order valence-corrected chi connectivity index (χ4v) is 1.34. The third kappa shape index (κ3) is 8.48. The van der Waals surface area contributed by atoms with Crippen molar-refractivity contribution in [2.24, 2.45) is 0 Å². The minimum absolute atomic E-state index is 0. The van der Waals surface area contributed by atoms with E-state index in [1.54, 1.807) is 13.1 Å². The summed E-state index contributed by atoms with van der Waals surface area (Å²) in [6.45, 7) is 4.11. The van der Waals surface area contributed by atoms with Gasteiger partial charge in [0.05, 0.1) is 0 Å². The molecule has 0 spiro atoms. The van der Waals surface area contributed by atoms with E-state index in [9.17, 15) is 4.57 Å². The molecule has 0 amide bonds. The van der Waals surface area contributed by atoms with Crippen LogP contribution in [0.15, 0.2) is 0 Å². The van der Waals surface area contributed by atoms with Gasteiger partial charge in [0.1, 0.15) is 0 Å². The first kappa shape index (κ1) is 14.1. The molecule has 68 valence electrons. The molecular formula is C4H9Cl3NO2P. The first-order valence-electron chi connectivity index (χ1n) is 2.74. The molecule has 7 heteroatoms. The van der Waals surface area contributed by atoms with Crippen molar-refractivity contribution >= 4 is 34.8 Å². The van der Waals surface area contributed by atoms with Crippen molar-refractivity contribution in [3.8, 4) is 0 Å². The minimum Gasteiger partial charge on any atom is -1.00 e. The smallest absolute Gasteiger partial charge is 0.490 e. The van der Waals surface area contributed by atoms with Gasteiger partial charge >= 0.3 is 6.07 Å². The van der Waals surface area contributed by atoms with Crippen molar-refractivity contribution in [2.45, 2.75) is 13.8 Å². The van der Waals surface area contributed by atoms with Crippen molar-refractivity contribution in [3.63, 3.8) is 0 Å². The van der Waals surface area contributed by atoms with Crippen LogP contribution in [-0.2, 0) is 9.19 Å². The molecule has 11 heavy (non-hydrogen) atoms. The molecule has 0 aliphatic heterocycles. The molecule has 0 aliphatic carbocycles. The van der Waals surface area contributed by atoms with Gasteiger partial charge in [0.2, 0.25) is 0 Å². The molecule has 0 aliphatic rings. The Kier molecular flexibility index (Phi) is 7.86. The minimum atomic E-state index is -3.42. The van der Waals surface area contributed by atoms with E-state index < -0.39 is 6.07 Å². The van der Waals surface area contributed by atoms with Gasteiger partial charge in [-0.25, -0.2) is 4.57 Å². The molecule has 0 N–H and O–H groups in total. The Morgan fingerprint density at radius 3 is 2.18 bits per heavy atom. The average molecular weight is 240 g/mol. The molecular weight excluding hydrogens is 231 g/mol. The highest BCUT2D eigenvalue weighted by Crippen LogP contribution is 2.57. The summed E-state index contributed by atoms with van der Waals surface area (Å²) in [4.78, 5) is 0. The monoisotopic (exact) mass is 239 g/mol. The van der Waals surface area contributed by atoms with Gasteiger partial charge in [-0.2, -0.15) is 4.62 Å². The summed E-state index contributed by atoms with van der Waals surface area (Å²) in [5.74, 6) is 0. The van der Waals surface area contributed by atoms with E-state index in [-0.39, 0.29) is 12.4 Å². The normalized spacial score (nSPS) is 12.2. The van der Waals surface area contributed by atoms with Crippen LogP contribution in [0, 0.1) is 0 Å². The lowest BCUT2D eigenvalue weighted by Gasteiger charge is -1.98. The maximum absolute atomic E-state index is 10.6. The maximum atomic E-state index is 10.6. The summed E-state index contributed by atoms with van der Waals surface area (Å²) in [5, 5.41) is 0. The summed E-state index contributed by atoms with van der Waals surface area (Å²) in [6.07, 6.45) is -1.82. The first-order valence-corrected chi connectivity index (χ1v) is 6.18. The Morgan fingerprint density at radius 1 is 1.64 bits per heavy atom. The summed E-state index contributed by atoms with van der Waals surface area (Å²) in [5.41, 5.74) is 0. The lowest BCUT2D eigenvalue weighted by Crippen LogP contribution is -3.00. The van der Waals surface area contributed by atoms with E-state index in [4.69, 9.17) is 22.5 Å². The van der Waals surface area contributed by atoms with Crippen molar-refractivity contribution in [3.05, 3.63) is 0 Å². The van der Waals surface area contributed by atoms with Crippen LogP contribution in [0.5, 0.6) is 0 Å². The van der Waals surface area contributed by atoms with Crippen LogP contribution in [0.1, 0.15) is 13.8 Å². The number of hydroxylamine groups is 1. The molecule has 0 heterocycles. The van der Waals surface area contributed by atoms with Gasteiger partial charge in [0.15, 0.2) is 12.8 Å². The summed E-state index contributed by atoms with van der Waals surface area (Å²) in [7, 11) is 0. The van der Waals surface area contributed by atoms with Crippen molar-refractivity contribution < 1.29 is 26.3 Å². The number of hydrogen-bond donors (Lipinski definition) is 0. The second kappa shape index (κ2) is 6.13. The predicted molar refractivity (Wildman–Crippen MR) is 42.9 cm³/mol. The fraction of sp³-hybridized carbons (Fsp3) is 0.750. The van der Waals surface area contributed by atoms with Gasteiger partial charge in [0, 0.05) is 29.4 Å². The molecule has 0 radical (unpaired) electrons. The third-order valence-corrected chi connectivity index (χ3v) is 1.57. The molecule has 0 aromatic rings. The van der Waals surface area contributed by atoms with Gasteiger partial charge in [-0.1, -0.05) is 0 Å². The maximum Gasteiger partial charge on any atom is 0.490 e. The van der Waals surface area contributed by atoms with Crippen LogP contribution in [0.4, 0.5) is 0 Å². The Hall–Kier alpha value is 0.570. The molecule has 0 fully saturated rings. The Bertz CT molecular complexity index is 178. The summed E-state index contributed by atoms with van der Waals surface area (Å²) in [6, 6.07) is 0. The van der Waals surface area contributed by atoms with Crippen LogP contribution >= 0.6 is 28.6 Å². The highest BCUT2D eigenvalue weighted by molar-refractivity contribution is 8.05. The van der Waals surface area contributed by atoms with Crippen LogP contribution in [0.3, 0.4) is 0 Å². The zero-order valence-corrected chi connectivity index (χ0v) is 9.29. The van der Waals surface area contributed by atoms with E-state index in [0.717, 1.165) is 0 Å². The molecule has 0 aromatic heterocycles. The van der Waals surface area contributed by atoms with E-state index in [1.807, 2.05) is 6.92 Å². The molecule has 0 bridgehead atoms. The number of nitrogens with zero attached hydrogens (tertiary/aromatic N) is 1. The zero-order valence-electron chi connectivity index (χ0n) is 6.13. The Morgan fingerprint density at radius 2 is 2.09 bits per heavy atom. The van der Waals surface area contributed by atoms with Crippen molar-refractivity contribution in [1.82, 2.24) is 0 Å². The lowest BCUT2D eigenvalue weighted by atomic mass is 10.7. The van der Waals surface area contributed by atoms with Gasteiger partial charge in [-0.15, -0.1) is 0 Å². The SMILES string of the molecule is CC=[N+](CC)OP(=O)(Cl)Cl.[Cl-]. The van der Waals surface area contributed by atoms with E-state index in [2.05, 4.69) is 4.62 Å². The van der Waals surface area contributed by atoms with E-state index in [1.165, 1.54) is 4.74 Å². The van der Waals surface area contributed by atoms with Gasteiger partial charge in [-0.05, 0) is 11.7 Å².